The van der Waals surface area contributed by atoms with Crippen molar-refractivity contribution < 1.29 is 32.9 Å². The largest absolute Gasteiger partial charge is 0.472 e. The van der Waals surface area contributed by atoms with Crippen LogP contribution in [0.1, 0.15) is 393 Å². The molecule has 3 unspecified atom stereocenters. The minimum atomic E-state index is -4.33. The van der Waals surface area contributed by atoms with Crippen LogP contribution in [0.15, 0.2) is 12.2 Å². The van der Waals surface area contributed by atoms with E-state index in [9.17, 15) is 19.4 Å². The van der Waals surface area contributed by atoms with Crippen molar-refractivity contribution in [3.8, 4) is 0 Å². The van der Waals surface area contributed by atoms with E-state index >= 15 is 0 Å². The van der Waals surface area contributed by atoms with Gasteiger partial charge in [0.2, 0.25) is 5.91 Å². The number of rotatable bonds is 69. The molecule has 0 saturated heterocycles. The monoisotopic (exact) mass is 1170 g/mol. The predicted octanol–water partition coefficient (Wildman–Crippen LogP) is 23.3. The molecular weight excluding hydrogens is 1020 g/mol. The van der Waals surface area contributed by atoms with E-state index in [0.29, 0.717) is 23.9 Å². The molecule has 0 rings (SSSR count). The zero-order chi connectivity index (χ0) is 59.1. The fourth-order valence-electron chi connectivity index (χ4n) is 11.6. The van der Waals surface area contributed by atoms with Crippen LogP contribution in [0.3, 0.4) is 0 Å². The van der Waals surface area contributed by atoms with Gasteiger partial charge in [0, 0.05) is 6.42 Å². The van der Waals surface area contributed by atoms with E-state index in [1.807, 2.05) is 21.1 Å². The minimum absolute atomic E-state index is 0.0783. The van der Waals surface area contributed by atoms with E-state index < -0.39 is 20.0 Å². The van der Waals surface area contributed by atoms with Gasteiger partial charge in [-0.15, -0.1) is 0 Å². The number of unbranched alkanes of at least 4 members (excludes halogenated alkanes) is 54. The number of phosphoric acid groups is 1. The van der Waals surface area contributed by atoms with Crippen LogP contribution in [0.25, 0.3) is 0 Å². The van der Waals surface area contributed by atoms with Gasteiger partial charge in [0.1, 0.15) is 13.2 Å². The Balaban J connectivity index is 3.97. The Morgan fingerprint density at radius 3 is 0.951 bits per heavy atom. The van der Waals surface area contributed by atoms with Gasteiger partial charge in [-0.2, -0.15) is 0 Å². The number of hydrogen-bond donors (Lipinski definition) is 3. The zero-order valence-corrected chi connectivity index (χ0v) is 56.5. The Bertz CT molecular complexity index is 1320. The first-order valence-electron chi connectivity index (χ1n) is 36.6. The Hall–Kier alpha value is -0.760. The van der Waals surface area contributed by atoms with E-state index in [1.54, 1.807) is 0 Å². The predicted molar refractivity (Wildman–Crippen MR) is 355 cm³/mol. The number of nitrogens with one attached hydrogen (secondary N) is 1. The molecule has 9 heteroatoms. The highest BCUT2D eigenvalue weighted by Crippen LogP contribution is 2.43. The molecule has 0 aliphatic heterocycles. The smallest absolute Gasteiger partial charge is 0.391 e. The molecule has 0 heterocycles. The first-order chi connectivity index (χ1) is 39.5. The van der Waals surface area contributed by atoms with Gasteiger partial charge in [0.05, 0.1) is 39.9 Å². The van der Waals surface area contributed by atoms with E-state index in [4.69, 9.17) is 9.05 Å². The fourth-order valence-corrected chi connectivity index (χ4v) is 12.3. The topological polar surface area (TPSA) is 105 Å². The number of amides is 1. The summed E-state index contributed by atoms with van der Waals surface area (Å²) in [6, 6.07) is -0.759. The van der Waals surface area contributed by atoms with Gasteiger partial charge in [0.25, 0.3) is 0 Å². The lowest BCUT2D eigenvalue weighted by Gasteiger charge is -2.26. The van der Waals surface area contributed by atoms with Crippen LogP contribution >= 0.6 is 7.82 Å². The zero-order valence-electron chi connectivity index (χ0n) is 55.6. The summed E-state index contributed by atoms with van der Waals surface area (Å²) in [5, 5.41) is 14.2. The van der Waals surface area contributed by atoms with Gasteiger partial charge in [-0.1, -0.05) is 360 Å². The number of likely N-dealkylation sites (N-methyl/N-ethyl adjacent to an activating group) is 1. The van der Waals surface area contributed by atoms with Crippen molar-refractivity contribution in [3.05, 3.63) is 12.2 Å². The molecule has 8 nitrogen and oxygen atoms in total. The third-order valence-electron chi connectivity index (χ3n) is 17.3. The SMILES string of the molecule is CCCCCCCCCC/C=C\CCCCCCCCCCCCCCCCCCCC(=O)NC(COP(=O)(O)OCC[N+](C)(C)C)C(O)CCCCCCCCCCCCCCCCCCCCCCCCCCCCCCCC. The number of carbonyl (C=O) groups is 1. The van der Waals surface area contributed by atoms with Crippen molar-refractivity contribution in [1.29, 1.82) is 0 Å². The van der Waals surface area contributed by atoms with Crippen molar-refractivity contribution in [1.82, 2.24) is 5.32 Å². The summed E-state index contributed by atoms with van der Waals surface area (Å²) in [5.41, 5.74) is 0. The number of aliphatic hydroxyl groups excluding tert-OH is 1. The third-order valence-corrected chi connectivity index (χ3v) is 18.2. The third kappa shape index (κ3) is 66.6. The summed E-state index contributed by atoms with van der Waals surface area (Å²) in [4.78, 5) is 23.5. The Morgan fingerprint density at radius 1 is 0.407 bits per heavy atom. The highest BCUT2D eigenvalue weighted by atomic mass is 31.2. The molecule has 0 aromatic rings. The van der Waals surface area contributed by atoms with Crippen LogP contribution in [-0.4, -0.2) is 73.4 Å². The summed E-state index contributed by atoms with van der Waals surface area (Å²) in [6.07, 6.45) is 81.9. The highest BCUT2D eigenvalue weighted by molar-refractivity contribution is 7.47. The molecule has 0 saturated carbocycles. The Kier molecular flexibility index (Phi) is 63.1. The summed E-state index contributed by atoms with van der Waals surface area (Å²) < 4.78 is 23.9. The van der Waals surface area contributed by atoms with Crippen LogP contribution in [0.4, 0.5) is 0 Å². The van der Waals surface area contributed by atoms with Crippen molar-refractivity contribution in [2.24, 2.45) is 0 Å². The maximum atomic E-state index is 13.1. The van der Waals surface area contributed by atoms with E-state index in [0.717, 1.165) is 38.5 Å². The van der Waals surface area contributed by atoms with E-state index in [1.165, 1.54) is 327 Å². The molecule has 0 fully saturated rings. The number of aliphatic hydroxyl groups is 1. The maximum Gasteiger partial charge on any atom is 0.472 e. The summed E-state index contributed by atoms with van der Waals surface area (Å²) in [6.45, 7) is 4.96. The van der Waals surface area contributed by atoms with Crippen molar-refractivity contribution in [3.63, 3.8) is 0 Å². The molecule has 0 aliphatic carbocycles. The average Bonchev–Trinajstić information content (AvgIpc) is 3.43. The summed E-state index contributed by atoms with van der Waals surface area (Å²) in [7, 11) is 1.64. The maximum absolute atomic E-state index is 13.1. The number of quaternary nitrogens is 1. The normalized spacial score (nSPS) is 13.6. The van der Waals surface area contributed by atoms with Crippen LogP contribution in [0.5, 0.6) is 0 Å². The molecule has 81 heavy (non-hydrogen) atoms. The number of allylic oxidation sites excluding steroid dienone is 2. The lowest BCUT2D eigenvalue weighted by Crippen LogP contribution is -2.46. The van der Waals surface area contributed by atoms with Crippen LogP contribution in [0.2, 0.25) is 0 Å². The molecule has 0 aromatic carbocycles. The van der Waals surface area contributed by atoms with Gasteiger partial charge in [-0.25, -0.2) is 4.57 Å². The lowest BCUT2D eigenvalue weighted by atomic mass is 10.0. The number of carbonyl (C=O) groups excluding carboxylic acids is 1. The molecule has 484 valence electrons. The molecule has 0 radical (unpaired) electrons. The van der Waals surface area contributed by atoms with Gasteiger partial charge in [-0.05, 0) is 38.5 Å². The van der Waals surface area contributed by atoms with Crippen LogP contribution < -0.4 is 5.32 Å². The van der Waals surface area contributed by atoms with Crippen LogP contribution in [-0.2, 0) is 18.4 Å². The van der Waals surface area contributed by atoms with E-state index in [-0.39, 0.29) is 19.1 Å². The molecule has 0 aromatic heterocycles. The summed E-state index contributed by atoms with van der Waals surface area (Å²) >= 11 is 0. The number of phosphoric ester groups is 1. The molecule has 3 N–H and O–H groups in total. The van der Waals surface area contributed by atoms with Crippen molar-refractivity contribution in [2.75, 3.05) is 40.9 Å². The molecule has 3 atom stereocenters. The summed E-state index contributed by atoms with van der Waals surface area (Å²) in [5.74, 6) is -0.134. The van der Waals surface area contributed by atoms with Gasteiger partial charge >= 0.3 is 7.82 Å². The first kappa shape index (κ1) is 80.2. The molecule has 0 aliphatic rings. The second kappa shape index (κ2) is 63.7. The average molecular weight is 1170 g/mol. The van der Waals surface area contributed by atoms with Gasteiger partial charge < -0.3 is 19.8 Å². The Labute approximate surface area is 507 Å². The van der Waals surface area contributed by atoms with Crippen molar-refractivity contribution in [2.45, 2.75) is 405 Å². The van der Waals surface area contributed by atoms with Gasteiger partial charge in [0.15, 0.2) is 0 Å². The molecular formula is C72H146N2O6P+. The minimum Gasteiger partial charge on any atom is -0.391 e. The standard InChI is InChI=1S/C72H145N2O6P/c1-6-8-10-12-14-16-18-20-22-24-26-28-30-32-34-36-38-39-41-43-45-47-49-51-53-55-57-59-61-63-65-71(75)70(69-80-81(77,78)79-68-67-74(3,4)5)73-72(76)66-64-62-60-58-56-54-52-50-48-46-44-42-40-37-35-33-31-29-27-25-23-21-19-17-15-13-11-9-7-2/h25,27,70-71,75H,6-24,26,28-69H2,1-5H3,(H-,73,76,77,78)/p+1/b27-25-. The number of nitrogens with zero attached hydrogens (tertiary/aromatic N) is 1. The van der Waals surface area contributed by atoms with Gasteiger partial charge in [-0.3, -0.25) is 13.8 Å². The molecule has 1 amide bonds. The number of hydrogen-bond acceptors (Lipinski definition) is 5. The Morgan fingerprint density at radius 2 is 0.667 bits per heavy atom. The van der Waals surface area contributed by atoms with E-state index in [2.05, 4.69) is 31.3 Å². The fraction of sp³-hybridized carbons (Fsp3) is 0.958. The lowest BCUT2D eigenvalue weighted by molar-refractivity contribution is -0.870. The quantitative estimate of drug-likeness (QED) is 0.0243. The molecule has 0 spiro atoms. The van der Waals surface area contributed by atoms with Crippen LogP contribution in [0, 0.1) is 0 Å². The molecule has 0 bridgehead atoms. The first-order valence-corrected chi connectivity index (χ1v) is 38.0. The highest BCUT2D eigenvalue weighted by Gasteiger charge is 2.28. The second-order valence-corrected chi connectivity index (χ2v) is 28.1. The second-order valence-electron chi connectivity index (χ2n) is 26.7. The van der Waals surface area contributed by atoms with Crippen molar-refractivity contribution >= 4 is 13.7 Å².